The molecule has 26 heavy (non-hydrogen) atoms. The quantitative estimate of drug-likeness (QED) is 0.783. The average Bonchev–Trinajstić information content (AvgIpc) is 2.90. The molecule has 2 heterocycles. The Labute approximate surface area is 152 Å². The fourth-order valence-electron chi connectivity index (χ4n) is 2.52. The van der Waals surface area contributed by atoms with E-state index in [2.05, 4.69) is 20.4 Å². The molecule has 0 bridgehead atoms. The molecule has 3 aromatic rings. The maximum absolute atomic E-state index is 12.4. The first-order valence-corrected chi connectivity index (χ1v) is 8.31. The average molecular weight is 350 g/mol. The van der Waals surface area contributed by atoms with Gasteiger partial charge in [0.15, 0.2) is 0 Å². The summed E-state index contributed by atoms with van der Waals surface area (Å²) in [7, 11) is 3.91. The fraction of sp³-hybridized carbons (Fsp3) is 0.263. The van der Waals surface area contributed by atoms with Crippen LogP contribution in [0.5, 0.6) is 0 Å². The second-order valence-corrected chi connectivity index (χ2v) is 6.37. The molecule has 0 unspecified atom stereocenters. The second-order valence-electron chi connectivity index (χ2n) is 6.37. The minimum Gasteiger partial charge on any atom is -0.378 e. The number of nitrogens with zero attached hydrogens (tertiary/aromatic N) is 5. The summed E-state index contributed by atoms with van der Waals surface area (Å²) in [5.41, 5.74) is 5.22. The summed E-state index contributed by atoms with van der Waals surface area (Å²) in [5, 5.41) is 7.25. The van der Waals surface area contributed by atoms with Crippen LogP contribution in [0.2, 0.25) is 0 Å². The van der Waals surface area contributed by atoms with Crippen LogP contribution in [0.1, 0.15) is 27.3 Å². The Balaban J connectivity index is 1.74. The number of hydrogen-bond donors (Lipinski definition) is 1. The van der Waals surface area contributed by atoms with E-state index in [1.807, 2.05) is 51.9 Å². The summed E-state index contributed by atoms with van der Waals surface area (Å²) in [4.78, 5) is 23.0. The standard InChI is InChI=1S/C19H22N6O/c1-12-13(2)23-25(14(12)3)19-20-10-16(11-21-19)22-18(26)15-6-8-17(9-7-15)24(4)5/h6-11H,1-5H3,(H,22,26). The topological polar surface area (TPSA) is 75.9 Å². The van der Waals surface area contributed by atoms with E-state index in [1.54, 1.807) is 29.2 Å². The molecule has 134 valence electrons. The van der Waals surface area contributed by atoms with Crippen molar-refractivity contribution in [2.75, 3.05) is 24.3 Å². The molecule has 1 amide bonds. The van der Waals surface area contributed by atoms with Crippen LogP contribution < -0.4 is 10.2 Å². The van der Waals surface area contributed by atoms with Crippen molar-refractivity contribution in [2.24, 2.45) is 0 Å². The van der Waals surface area contributed by atoms with Crippen LogP contribution in [0.4, 0.5) is 11.4 Å². The predicted octanol–water partition coefficient (Wildman–Crippen LogP) is 2.91. The normalized spacial score (nSPS) is 10.7. The maximum atomic E-state index is 12.4. The van der Waals surface area contributed by atoms with E-state index in [4.69, 9.17) is 0 Å². The lowest BCUT2D eigenvalue weighted by molar-refractivity contribution is 0.102. The number of aromatic nitrogens is 4. The maximum Gasteiger partial charge on any atom is 0.255 e. The molecule has 3 rings (SSSR count). The smallest absolute Gasteiger partial charge is 0.255 e. The molecular weight excluding hydrogens is 328 g/mol. The van der Waals surface area contributed by atoms with Gasteiger partial charge in [-0.2, -0.15) is 5.10 Å². The van der Waals surface area contributed by atoms with E-state index in [0.29, 0.717) is 17.2 Å². The third-order valence-electron chi connectivity index (χ3n) is 4.38. The van der Waals surface area contributed by atoms with Crippen molar-refractivity contribution in [2.45, 2.75) is 20.8 Å². The van der Waals surface area contributed by atoms with Crippen molar-refractivity contribution in [3.05, 3.63) is 59.2 Å². The van der Waals surface area contributed by atoms with Gasteiger partial charge in [-0.3, -0.25) is 4.79 Å². The van der Waals surface area contributed by atoms with Crippen LogP contribution >= 0.6 is 0 Å². The first-order chi connectivity index (χ1) is 12.4. The van der Waals surface area contributed by atoms with E-state index >= 15 is 0 Å². The number of carbonyl (C=O) groups excluding carboxylic acids is 1. The van der Waals surface area contributed by atoms with Crippen molar-refractivity contribution in [3.63, 3.8) is 0 Å². The van der Waals surface area contributed by atoms with Crippen molar-refractivity contribution in [1.29, 1.82) is 0 Å². The van der Waals surface area contributed by atoms with Gasteiger partial charge in [0.2, 0.25) is 0 Å². The molecule has 0 fully saturated rings. The van der Waals surface area contributed by atoms with Gasteiger partial charge in [0.25, 0.3) is 11.9 Å². The van der Waals surface area contributed by atoms with Crippen LogP contribution in [-0.4, -0.2) is 39.8 Å². The number of aryl methyl sites for hydroxylation is 1. The zero-order chi connectivity index (χ0) is 18.8. The second kappa shape index (κ2) is 6.95. The van der Waals surface area contributed by atoms with Crippen LogP contribution in [0, 0.1) is 20.8 Å². The van der Waals surface area contributed by atoms with E-state index in [-0.39, 0.29) is 5.91 Å². The Hall–Kier alpha value is -3.22. The number of hydrogen-bond acceptors (Lipinski definition) is 5. The summed E-state index contributed by atoms with van der Waals surface area (Å²) in [6.07, 6.45) is 3.17. The largest absolute Gasteiger partial charge is 0.378 e. The molecule has 2 aromatic heterocycles. The monoisotopic (exact) mass is 350 g/mol. The van der Waals surface area contributed by atoms with E-state index in [9.17, 15) is 4.79 Å². The lowest BCUT2D eigenvalue weighted by atomic mass is 10.2. The van der Waals surface area contributed by atoms with Crippen molar-refractivity contribution < 1.29 is 4.79 Å². The highest BCUT2D eigenvalue weighted by Gasteiger charge is 2.12. The van der Waals surface area contributed by atoms with E-state index < -0.39 is 0 Å². The number of rotatable bonds is 4. The lowest BCUT2D eigenvalue weighted by Gasteiger charge is -2.12. The Bertz CT molecular complexity index is 926. The molecule has 0 aliphatic carbocycles. The summed E-state index contributed by atoms with van der Waals surface area (Å²) in [6.45, 7) is 5.95. The van der Waals surface area contributed by atoms with Gasteiger partial charge in [-0.15, -0.1) is 0 Å². The van der Waals surface area contributed by atoms with E-state index in [1.165, 1.54) is 0 Å². The zero-order valence-electron chi connectivity index (χ0n) is 15.6. The summed E-state index contributed by atoms with van der Waals surface area (Å²) in [6, 6.07) is 7.39. The molecule has 0 saturated heterocycles. The van der Waals surface area contributed by atoms with Gasteiger partial charge in [0.05, 0.1) is 23.8 Å². The highest BCUT2D eigenvalue weighted by molar-refractivity contribution is 6.04. The number of amides is 1. The first-order valence-electron chi connectivity index (χ1n) is 8.31. The Kier molecular flexibility index (Phi) is 4.71. The third-order valence-corrected chi connectivity index (χ3v) is 4.38. The van der Waals surface area contributed by atoms with Gasteiger partial charge in [0.1, 0.15) is 0 Å². The molecule has 0 saturated carbocycles. The molecule has 1 N–H and O–H groups in total. The van der Waals surface area contributed by atoms with Gasteiger partial charge < -0.3 is 10.2 Å². The van der Waals surface area contributed by atoms with Crippen LogP contribution in [0.15, 0.2) is 36.7 Å². The van der Waals surface area contributed by atoms with Crippen LogP contribution in [0.3, 0.4) is 0 Å². The van der Waals surface area contributed by atoms with Crippen LogP contribution in [-0.2, 0) is 0 Å². The van der Waals surface area contributed by atoms with Crippen LogP contribution in [0.25, 0.3) is 5.95 Å². The van der Waals surface area contributed by atoms with Crippen molar-refractivity contribution in [3.8, 4) is 5.95 Å². The molecule has 0 spiro atoms. The summed E-state index contributed by atoms with van der Waals surface area (Å²) in [5.74, 6) is 0.278. The van der Waals surface area contributed by atoms with Gasteiger partial charge >= 0.3 is 0 Å². The van der Waals surface area contributed by atoms with E-state index in [0.717, 1.165) is 22.6 Å². The molecule has 7 nitrogen and oxygen atoms in total. The van der Waals surface area contributed by atoms with Gasteiger partial charge in [0, 0.05) is 31.0 Å². The highest BCUT2D eigenvalue weighted by atomic mass is 16.1. The van der Waals surface area contributed by atoms with Gasteiger partial charge in [-0.25, -0.2) is 14.6 Å². The molecule has 0 atom stereocenters. The minimum absolute atomic E-state index is 0.200. The molecule has 0 aliphatic rings. The highest BCUT2D eigenvalue weighted by Crippen LogP contribution is 2.16. The molecular formula is C19H22N6O. The Morgan fingerprint density at radius 1 is 1.04 bits per heavy atom. The predicted molar refractivity (Wildman–Crippen MR) is 102 cm³/mol. The molecule has 0 aliphatic heterocycles. The first kappa shape index (κ1) is 17.6. The lowest BCUT2D eigenvalue weighted by Crippen LogP contribution is -2.14. The Morgan fingerprint density at radius 3 is 2.15 bits per heavy atom. The number of benzene rings is 1. The Morgan fingerprint density at radius 2 is 1.65 bits per heavy atom. The minimum atomic E-state index is -0.200. The zero-order valence-corrected chi connectivity index (χ0v) is 15.6. The molecule has 0 radical (unpaired) electrons. The number of carbonyl (C=O) groups is 1. The summed E-state index contributed by atoms with van der Waals surface area (Å²) >= 11 is 0. The number of anilines is 2. The third kappa shape index (κ3) is 3.42. The van der Waals surface area contributed by atoms with Gasteiger partial charge in [-0.05, 0) is 50.6 Å². The summed E-state index contributed by atoms with van der Waals surface area (Å²) < 4.78 is 1.70. The molecule has 1 aromatic carbocycles. The number of nitrogens with one attached hydrogen (secondary N) is 1. The molecule has 7 heteroatoms. The SMILES string of the molecule is Cc1nn(-c2ncc(NC(=O)c3ccc(N(C)C)cc3)cn2)c(C)c1C. The fourth-order valence-corrected chi connectivity index (χ4v) is 2.52. The van der Waals surface area contributed by atoms with Crippen molar-refractivity contribution >= 4 is 17.3 Å². The van der Waals surface area contributed by atoms with Gasteiger partial charge in [-0.1, -0.05) is 0 Å². The van der Waals surface area contributed by atoms with Crippen molar-refractivity contribution in [1.82, 2.24) is 19.7 Å².